The standard InChI is InChI=1S/C18H18F3N5O2S/c19-18(20,21)15-5-3-14(4-6-15)13-29(27,28)23-10-9-22-16-7-8-17(25-24-16)26-11-1-2-12-26/h1-8,11-12,23H,9-10,13H2,(H,22,24). The van der Waals surface area contributed by atoms with Gasteiger partial charge in [-0.1, -0.05) is 12.1 Å². The van der Waals surface area contributed by atoms with Crippen molar-refractivity contribution in [2.45, 2.75) is 11.9 Å². The van der Waals surface area contributed by atoms with Crippen LogP contribution in [-0.4, -0.2) is 36.3 Å². The largest absolute Gasteiger partial charge is 0.416 e. The van der Waals surface area contributed by atoms with Crippen molar-refractivity contribution in [1.82, 2.24) is 19.5 Å². The molecule has 0 amide bonds. The number of halogens is 3. The van der Waals surface area contributed by atoms with E-state index in [1.54, 1.807) is 16.7 Å². The molecule has 2 heterocycles. The Morgan fingerprint density at radius 3 is 2.21 bits per heavy atom. The van der Waals surface area contributed by atoms with E-state index in [-0.39, 0.29) is 18.7 Å². The van der Waals surface area contributed by atoms with Gasteiger partial charge in [0.15, 0.2) is 5.82 Å². The van der Waals surface area contributed by atoms with Gasteiger partial charge in [0.2, 0.25) is 10.0 Å². The van der Waals surface area contributed by atoms with Crippen LogP contribution in [0.3, 0.4) is 0 Å². The van der Waals surface area contributed by atoms with Gasteiger partial charge in [0, 0.05) is 25.5 Å². The fourth-order valence-electron chi connectivity index (χ4n) is 2.50. The van der Waals surface area contributed by atoms with Gasteiger partial charge >= 0.3 is 6.18 Å². The van der Waals surface area contributed by atoms with Crippen LogP contribution in [0, 0.1) is 0 Å². The molecule has 0 fully saturated rings. The Morgan fingerprint density at radius 1 is 0.931 bits per heavy atom. The van der Waals surface area contributed by atoms with Crippen molar-refractivity contribution in [2.75, 3.05) is 18.4 Å². The van der Waals surface area contributed by atoms with Gasteiger partial charge in [-0.05, 0) is 42.0 Å². The molecule has 11 heteroatoms. The molecule has 1 aromatic carbocycles. The van der Waals surface area contributed by atoms with Crippen LogP contribution >= 0.6 is 0 Å². The maximum Gasteiger partial charge on any atom is 0.416 e. The summed E-state index contributed by atoms with van der Waals surface area (Å²) >= 11 is 0. The van der Waals surface area contributed by atoms with Gasteiger partial charge in [-0.25, -0.2) is 13.1 Å². The topological polar surface area (TPSA) is 88.9 Å². The Bertz CT molecular complexity index is 1020. The lowest BCUT2D eigenvalue weighted by Gasteiger charge is -2.10. The molecule has 3 aromatic rings. The quantitative estimate of drug-likeness (QED) is 0.542. The third kappa shape index (κ3) is 6.03. The van der Waals surface area contributed by atoms with Crippen LogP contribution < -0.4 is 10.0 Å². The summed E-state index contributed by atoms with van der Waals surface area (Å²) in [5, 5.41) is 11.0. The smallest absolute Gasteiger partial charge is 0.367 e. The number of nitrogens with one attached hydrogen (secondary N) is 2. The van der Waals surface area contributed by atoms with Crippen LogP contribution in [0.25, 0.3) is 5.82 Å². The molecule has 7 nitrogen and oxygen atoms in total. The lowest BCUT2D eigenvalue weighted by molar-refractivity contribution is -0.137. The monoisotopic (exact) mass is 425 g/mol. The Hall–Kier alpha value is -2.92. The first-order chi connectivity index (χ1) is 13.7. The number of aromatic nitrogens is 3. The number of rotatable bonds is 8. The van der Waals surface area contributed by atoms with Crippen LogP contribution in [0.5, 0.6) is 0 Å². The van der Waals surface area contributed by atoms with Crippen molar-refractivity contribution in [3.05, 3.63) is 72.1 Å². The molecule has 0 aliphatic heterocycles. The minimum atomic E-state index is -4.45. The fourth-order valence-corrected chi connectivity index (χ4v) is 3.65. The number of benzene rings is 1. The van der Waals surface area contributed by atoms with Crippen LogP contribution in [0.4, 0.5) is 19.0 Å². The number of hydrogen-bond acceptors (Lipinski definition) is 5. The van der Waals surface area contributed by atoms with Gasteiger partial charge in [0.1, 0.15) is 5.82 Å². The average molecular weight is 425 g/mol. The predicted molar refractivity (Wildman–Crippen MR) is 102 cm³/mol. The van der Waals surface area contributed by atoms with Crippen LogP contribution in [-0.2, 0) is 22.0 Å². The third-order valence-corrected chi connectivity index (χ3v) is 5.27. The average Bonchev–Trinajstić information content (AvgIpc) is 3.20. The summed E-state index contributed by atoms with van der Waals surface area (Å²) in [4.78, 5) is 0. The molecular weight excluding hydrogens is 407 g/mol. The number of alkyl halides is 3. The summed E-state index contributed by atoms with van der Waals surface area (Å²) in [5.41, 5.74) is -0.551. The van der Waals surface area contributed by atoms with Crippen LogP contribution in [0.2, 0.25) is 0 Å². The molecule has 0 saturated heterocycles. The number of hydrogen-bond donors (Lipinski definition) is 2. The molecule has 154 valence electrons. The Balaban J connectivity index is 1.46. The number of sulfonamides is 1. The number of anilines is 1. The Morgan fingerprint density at radius 2 is 1.62 bits per heavy atom. The van der Waals surface area contributed by atoms with Crippen molar-refractivity contribution < 1.29 is 21.6 Å². The summed E-state index contributed by atoms with van der Waals surface area (Å²) in [6.07, 6.45) is -0.782. The molecule has 2 N–H and O–H groups in total. The number of nitrogens with zero attached hydrogens (tertiary/aromatic N) is 3. The van der Waals surface area contributed by atoms with Crippen molar-refractivity contribution >= 4 is 15.8 Å². The second kappa shape index (κ2) is 8.62. The van der Waals surface area contributed by atoms with Crippen molar-refractivity contribution in [1.29, 1.82) is 0 Å². The fraction of sp³-hybridized carbons (Fsp3) is 0.222. The second-order valence-corrected chi connectivity index (χ2v) is 7.95. The maximum absolute atomic E-state index is 12.5. The van der Waals surface area contributed by atoms with E-state index in [1.165, 1.54) is 0 Å². The molecule has 0 bridgehead atoms. The summed E-state index contributed by atoms with van der Waals surface area (Å²) in [7, 11) is -3.68. The molecule has 0 atom stereocenters. The molecule has 2 aromatic heterocycles. The summed E-state index contributed by atoms with van der Waals surface area (Å²) in [6.45, 7) is 0.355. The lowest BCUT2D eigenvalue weighted by Crippen LogP contribution is -2.30. The zero-order valence-electron chi connectivity index (χ0n) is 15.1. The predicted octanol–water partition coefficient (Wildman–Crippen LogP) is 2.82. The second-order valence-electron chi connectivity index (χ2n) is 6.14. The highest BCUT2D eigenvalue weighted by atomic mass is 32.2. The molecule has 0 unspecified atom stereocenters. The summed E-state index contributed by atoms with van der Waals surface area (Å²) in [5.74, 6) is 0.733. The summed E-state index contributed by atoms with van der Waals surface area (Å²) < 4.78 is 66.0. The first-order valence-electron chi connectivity index (χ1n) is 8.57. The first-order valence-corrected chi connectivity index (χ1v) is 10.2. The molecule has 29 heavy (non-hydrogen) atoms. The minimum absolute atomic E-state index is 0.0873. The Kier molecular flexibility index (Phi) is 6.18. The van der Waals surface area contributed by atoms with Gasteiger partial charge < -0.3 is 9.88 Å². The molecule has 0 aliphatic carbocycles. The van der Waals surface area contributed by atoms with Gasteiger partial charge in [-0.3, -0.25) is 0 Å². The molecule has 0 spiro atoms. The maximum atomic E-state index is 12.5. The van der Waals surface area contributed by atoms with Crippen molar-refractivity contribution in [3.63, 3.8) is 0 Å². The van der Waals surface area contributed by atoms with Gasteiger partial charge in [0.25, 0.3) is 0 Å². The normalized spacial score (nSPS) is 12.1. The highest BCUT2D eigenvalue weighted by Crippen LogP contribution is 2.29. The van der Waals surface area contributed by atoms with Gasteiger partial charge in [-0.15, -0.1) is 10.2 Å². The summed E-state index contributed by atoms with van der Waals surface area (Å²) in [6, 6.07) is 11.3. The van der Waals surface area contributed by atoms with E-state index in [9.17, 15) is 21.6 Å². The first kappa shape index (κ1) is 20.8. The van der Waals surface area contributed by atoms with Crippen LogP contribution in [0.15, 0.2) is 60.9 Å². The van der Waals surface area contributed by atoms with Gasteiger partial charge in [-0.2, -0.15) is 13.2 Å². The SMILES string of the molecule is O=S(=O)(Cc1ccc(C(F)(F)F)cc1)NCCNc1ccc(-n2cccc2)nn1. The zero-order valence-corrected chi connectivity index (χ0v) is 15.9. The van der Waals surface area contributed by atoms with E-state index in [0.29, 0.717) is 11.6 Å². The van der Waals surface area contributed by atoms with Crippen molar-refractivity contribution in [3.8, 4) is 5.82 Å². The molecular formula is C18H18F3N5O2S. The van der Waals surface area contributed by atoms with E-state index in [0.717, 1.165) is 24.3 Å². The van der Waals surface area contributed by atoms with E-state index in [1.807, 2.05) is 24.5 Å². The van der Waals surface area contributed by atoms with Gasteiger partial charge in [0.05, 0.1) is 11.3 Å². The minimum Gasteiger partial charge on any atom is -0.367 e. The molecule has 3 rings (SSSR count). The zero-order chi connectivity index (χ0) is 20.9. The van der Waals surface area contributed by atoms with Crippen molar-refractivity contribution in [2.24, 2.45) is 0 Å². The molecule has 0 saturated carbocycles. The van der Waals surface area contributed by atoms with E-state index >= 15 is 0 Å². The van der Waals surface area contributed by atoms with E-state index in [4.69, 9.17) is 0 Å². The third-order valence-electron chi connectivity index (χ3n) is 3.91. The molecule has 0 aliphatic rings. The van der Waals surface area contributed by atoms with Crippen LogP contribution in [0.1, 0.15) is 11.1 Å². The lowest BCUT2D eigenvalue weighted by atomic mass is 10.1. The van der Waals surface area contributed by atoms with E-state index < -0.39 is 27.5 Å². The highest BCUT2D eigenvalue weighted by Gasteiger charge is 2.30. The molecule has 0 radical (unpaired) electrons. The Labute approximate surface area is 165 Å². The highest BCUT2D eigenvalue weighted by molar-refractivity contribution is 7.88. The van der Waals surface area contributed by atoms with E-state index in [2.05, 4.69) is 20.2 Å².